The van der Waals surface area contributed by atoms with Gasteiger partial charge in [-0.3, -0.25) is 14.4 Å². The molecule has 77 heavy (non-hydrogen) atoms. The Morgan fingerprint density at radius 3 is 1.27 bits per heavy atom. The lowest BCUT2D eigenvalue weighted by molar-refractivity contribution is -0.192. The summed E-state index contributed by atoms with van der Waals surface area (Å²) in [6, 6.07) is 0. The van der Waals surface area contributed by atoms with Crippen molar-refractivity contribution in [1.82, 2.24) is 16.0 Å². The fourth-order valence-corrected chi connectivity index (χ4v) is 7.43. The summed E-state index contributed by atoms with van der Waals surface area (Å²) in [4.78, 5) is 45.5. The van der Waals surface area contributed by atoms with E-state index in [0.717, 1.165) is 25.7 Å². The zero-order valence-corrected chi connectivity index (χ0v) is 48.2. The van der Waals surface area contributed by atoms with Crippen molar-refractivity contribution in [1.29, 1.82) is 0 Å². The van der Waals surface area contributed by atoms with E-state index < -0.39 is 24.2 Å². The second-order valence-electron chi connectivity index (χ2n) is 19.0. The molecular formula is C58H108F3N3O13. The van der Waals surface area contributed by atoms with Crippen LogP contribution in [0.3, 0.4) is 0 Å². The highest BCUT2D eigenvalue weighted by Crippen LogP contribution is 2.14. The van der Waals surface area contributed by atoms with E-state index in [-0.39, 0.29) is 51.4 Å². The summed E-state index contributed by atoms with van der Waals surface area (Å²) in [7, 11) is 1.59. The number of esters is 2. The van der Waals surface area contributed by atoms with Crippen LogP contribution in [0.15, 0.2) is 24.3 Å². The van der Waals surface area contributed by atoms with Gasteiger partial charge in [0.1, 0.15) is 13.2 Å². The molecule has 1 amide bonds. The monoisotopic (exact) mass is 1110 g/mol. The number of nitrogens with one attached hydrogen (secondary N) is 3. The molecule has 0 aromatic carbocycles. The van der Waals surface area contributed by atoms with E-state index >= 15 is 0 Å². The second-order valence-corrected chi connectivity index (χ2v) is 19.0. The highest BCUT2D eigenvalue weighted by Gasteiger charge is 2.38. The van der Waals surface area contributed by atoms with Crippen LogP contribution in [0.5, 0.6) is 0 Å². The lowest BCUT2D eigenvalue weighted by Gasteiger charge is -2.18. The number of amides is 1. The van der Waals surface area contributed by atoms with E-state index in [9.17, 15) is 27.6 Å². The minimum atomic E-state index is -5.08. The molecule has 1 atom stereocenters. The first-order valence-electron chi connectivity index (χ1n) is 29.5. The van der Waals surface area contributed by atoms with Crippen molar-refractivity contribution in [2.45, 2.75) is 206 Å². The summed E-state index contributed by atoms with van der Waals surface area (Å²) in [5.41, 5.74) is 0. The first-order valence-corrected chi connectivity index (χ1v) is 29.5. The number of methoxy groups -OCH3 is 1. The van der Waals surface area contributed by atoms with Gasteiger partial charge in [-0.2, -0.15) is 13.2 Å². The van der Waals surface area contributed by atoms with Gasteiger partial charge in [0.15, 0.2) is 6.10 Å². The molecule has 4 N–H and O–H groups in total. The average Bonchev–Trinajstić information content (AvgIpc) is 3.40. The van der Waals surface area contributed by atoms with E-state index in [4.69, 9.17) is 47.8 Å². The van der Waals surface area contributed by atoms with Crippen LogP contribution in [0.4, 0.5) is 13.2 Å². The van der Waals surface area contributed by atoms with E-state index in [2.05, 4.69) is 54.1 Å². The van der Waals surface area contributed by atoms with Crippen molar-refractivity contribution in [2.75, 3.05) is 119 Å². The number of alkyl halides is 3. The molecule has 0 fully saturated rings. The van der Waals surface area contributed by atoms with Crippen molar-refractivity contribution >= 4 is 23.8 Å². The molecule has 19 heteroatoms. The Bertz CT molecular complexity index is 1360. The number of carboxylic acids is 1. The van der Waals surface area contributed by atoms with Crippen LogP contribution in [-0.4, -0.2) is 160 Å². The molecule has 0 heterocycles. The Kier molecular flexibility index (Phi) is 61.1. The number of hydrogen-bond acceptors (Lipinski definition) is 14. The maximum absolute atomic E-state index is 13.1. The van der Waals surface area contributed by atoms with Crippen molar-refractivity contribution in [3.05, 3.63) is 24.3 Å². The summed E-state index contributed by atoms with van der Waals surface area (Å²) in [6.07, 6.45) is 39.1. The molecular weight excluding hydrogens is 1000 g/mol. The Balaban J connectivity index is 0. The number of aliphatic carboxylic acids is 1. The largest absolute Gasteiger partial charge is 0.490 e. The lowest BCUT2D eigenvalue weighted by Crippen LogP contribution is -2.41. The molecule has 454 valence electrons. The van der Waals surface area contributed by atoms with E-state index in [1.165, 1.54) is 154 Å². The first kappa shape index (κ1) is 75.9. The minimum Gasteiger partial charge on any atom is -0.475 e. The third kappa shape index (κ3) is 63.5. The Morgan fingerprint density at radius 1 is 0.455 bits per heavy atom. The number of carbonyl (C=O) groups excluding carboxylic acids is 3. The molecule has 1 unspecified atom stereocenters. The number of carbonyl (C=O) groups is 4. The smallest absolute Gasteiger partial charge is 0.475 e. The average molecular weight is 1110 g/mol. The summed E-state index contributed by atoms with van der Waals surface area (Å²) >= 11 is 0. The van der Waals surface area contributed by atoms with Gasteiger partial charge in [-0.1, -0.05) is 154 Å². The molecule has 0 radical (unpaired) electrons. The van der Waals surface area contributed by atoms with Crippen LogP contribution in [0.1, 0.15) is 194 Å². The summed E-state index contributed by atoms with van der Waals surface area (Å²) < 4.78 is 75.6. The van der Waals surface area contributed by atoms with Gasteiger partial charge in [0.2, 0.25) is 0 Å². The van der Waals surface area contributed by atoms with Gasteiger partial charge in [0.25, 0.3) is 5.91 Å². The van der Waals surface area contributed by atoms with Crippen molar-refractivity contribution in [3.63, 3.8) is 0 Å². The summed E-state index contributed by atoms with van der Waals surface area (Å²) in [5, 5.41) is 15.9. The molecule has 16 nitrogen and oxygen atoms in total. The summed E-state index contributed by atoms with van der Waals surface area (Å²) in [6.45, 7) is 10.3. The molecule has 0 aromatic rings. The molecule has 0 rings (SSSR count). The van der Waals surface area contributed by atoms with Crippen LogP contribution >= 0.6 is 0 Å². The Hall–Kier alpha value is -3.17. The van der Waals surface area contributed by atoms with Gasteiger partial charge in [0, 0.05) is 40.0 Å². The second kappa shape index (κ2) is 62.0. The summed E-state index contributed by atoms with van der Waals surface area (Å²) in [5.74, 6) is -3.70. The first-order chi connectivity index (χ1) is 37.5. The standard InChI is InChI=1S/C56H107N3O11.C2HF3O2/c1-4-6-8-10-12-14-16-18-20-22-24-26-28-30-32-34-39-67-52-53(68-40-35-33-31-29-27-25-23-21-19-17-15-13-11-9-7-5-2)56(62)59-38-42-64-44-45-65-46-47-66-48-49-70-55(61)51-58-37-43-69-54(60)50-57-36-41-63-3;3-2(4,5)1(6)7/h18-21,53,57-58H,4-17,22-52H2,1-3H3,(H,59,62);(H,6,7)/b20-18-,21-19-;. The maximum Gasteiger partial charge on any atom is 0.490 e. The zero-order valence-electron chi connectivity index (χ0n) is 48.2. The number of unbranched alkanes of at least 4 members (excludes halogenated alkanes) is 24. The highest BCUT2D eigenvalue weighted by atomic mass is 19.4. The highest BCUT2D eigenvalue weighted by molar-refractivity contribution is 5.80. The fraction of sp³-hybridized carbons (Fsp3) is 0.862. The van der Waals surface area contributed by atoms with Crippen LogP contribution in [0.2, 0.25) is 0 Å². The van der Waals surface area contributed by atoms with Crippen LogP contribution in [-0.2, 0) is 57.1 Å². The molecule has 0 bridgehead atoms. The number of hydrogen-bond donors (Lipinski definition) is 4. The zero-order chi connectivity index (χ0) is 56.8. The number of ether oxygens (including phenoxy) is 8. The topological polar surface area (TPSA) is 198 Å². The minimum absolute atomic E-state index is 0.00979. The molecule has 0 aromatic heterocycles. The quantitative estimate of drug-likeness (QED) is 0.0255. The van der Waals surface area contributed by atoms with Gasteiger partial charge in [-0.05, 0) is 64.2 Å². The molecule has 0 aliphatic rings. The van der Waals surface area contributed by atoms with E-state index in [1.54, 1.807) is 7.11 Å². The Morgan fingerprint density at radius 2 is 0.831 bits per heavy atom. The van der Waals surface area contributed by atoms with Gasteiger partial charge in [0.05, 0.1) is 65.9 Å². The Labute approximate surface area is 463 Å². The molecule has 0 spiro atoms. The van der Waals surface area contributed by atoms with Gasteiger partial charge >= 0.3 is 24.1 Å². The SMILES string of the molecule is CCCCCCCC/C=C\CCCCCCCCOCC(OCCCCCCCC/C=C\CCCCCCCC)C(=O)NCCOCCOCCOCCOC(=O)CNCCOC(=O)CNCCOC.O=C(O)C(F)(F)F. The van der Waals surface area contributed by atoms with Crippen molar-refractivity contribution in [2.24, 2.45) is 0 Å². The number of rotatable bonds is 58. The normalized spacial score (nSPS) is 12.0. The van der Waals surface area contributed by atoms with Crippen LogP contribution in [0, 0.1) is 0 Å². The number of carboxylic acid groups (broad SMARTS) is 1. The van der Waals surface area contributed by atoms with Gasteiger partial charge < -0.3 is 59.0 Å². The van der Waals surface area contributed by atoms with Crippen LogP contribution in [0.25, 0.3) is 0 Å². The van der Waals surface area contributed by atoms with Gasteiger partial charge in [-0.25, -0.2) is 4.79 Å². The number of allylic oxidation sites excluding steroid dienone is 4. The fourth-order valence-electron chi connectivity index (χ4n) is 7.43. The molecule has 0 aliphatic heterocycles. The van der Waals surface area contributed by atoms with Crippen molar-refractivity contribution in [3.8, 4) is 0 Å². The van der Waals surface area contributed by atoms with Gasteiger partial charge in [-0.15, -0.1) is 0 Å². The number of halogens is 3. The third-order valence-corrected chi connectivity index (χ3v) is 11.9. The predicted molar refractivity (Wildman–Crippen MR) is 298 cm³/mol. The van der Waals surface area contributed by atoms with E-state index in [1.807, 2.05) is 0 Å². The third-order valence-electron chi connectivity index (χ3n) is 11.9. The molecule has 0 saturated heterocycles. The van der Waals surface area contributed by atoms with Crippen LogP contribution < -0.4 is 16.0 Å². The van der Waals surface area contributed by atoms with Crippen molar-refractivity contribution < 1.29 is 75.4 Å². The van der Waals surface area contributed by atoms with E-state index in [0.29, 0.717) is 72.5 Å². The molecule has 0 aliphatic carbocycles. The predicted octanol–water partition coefficient (Wildman–Crippen LogP) is 11.2. The molecule has 0 saturated carbocycles. The lowest BCUT2D eigenvalue weighted by atomic mass is 10.1. The maximum atomic E-state index is 13.1.